The highest BCUT2D eigenvalue weighted by Gasteiger charge is 2.17. The minimum absolute atomic E-state index is 0.0291. The van der Waals surface area contributed by atoms with Gasteiger partial charge in [-0.3, -0.25) is 9.52 Å². The van der Waals surface area contributed by atoms with E-state index >= 15 is 0 Å². The van der Waals surface area contributed by atoms with Gasteiger partial charge in [0.05, 0.1) is 4.90 Å². The maximum absolute atomic E-state index is 12.5. The zero-order valence-corrected chi connectivity index (χ0v) is 18.4. The number of hydrogen-bond donors (Lipinski definition) is 2. The van der Waals surface area contributed by atoms with Crippen LogP contribution in [-0.4, -0.2) is 25.4 Å². The Morgan fingerprint density at radius 3 is 2.39 bits per heavy atom. The van der Waals surface area contributed by atoms with Gasteiger partial charge in [-0.05, 0) is 68.8 Å². The highest BCUT2D eigenvalue weighted by atomic mass is 32.2. The van der Waals surface area contributed by atoms with Gasteiger partial charge in [-0.25, -0.2) is 13.4 Å². The SMILES string of the molecule is CC[C@H](C)NC(=O)c1cccnc1Oc1ccc(NS(=O)(=O)c2ccc(C)cc2)cc1. The molecule has 8 heteroatoms. The molecule has 0 aliphatic carbocycles. The predicted molar refractivity (Wildman–Crippen MR) is 120 cm³/mol. The number of nitrogens with one attached hydrogen (secondary N) is 2. The van der Waals surface area contributed by atoms with Gasteiger partial charge in [0.2, 0.25) is 5.88 Å². The van der Waals surface area contributed by atoms with E-state index < -0.39 is 10.0 Å². The van der Waals surface area contributed by atoms with Crippen LogP contribution in [0.4, 0.5) is 5.69 Å². The van der Waals surface area contributed by atoms with Crippen LogP contribution in [0.25, 0.3) is 0 Å². The first-order chi connectivity index (χ1) is 14.8. The molecule has 0 unspecified atom stereocenters. The Hall–Kier alpha value is -3.39. The van der Waals surface area contributed by atoms with E-state index in [1.54, 1.807) is 66.9 Å². The number of pyridine rings is 1. The quantitative estimate of drug-likeness (QED) is 0.538. The van der Waals surface area contributed by atoms with E-state index in [1.165, 1.54) is 0 Å². The molecule has 2 aromatic carbocycles. The molecule has 2 N–H and O–H groups in total. The van der Waals surface area contributed by atoms with E-state index in [0.717, 1.165) is 12.0 Å². The van der Waals surface area contributed by atoms with Crippen molar-refractivity contribution in [2.75, 3.05) is 4.72 Å². The maximum Gasteiger partial charge on any atom is 0.261 e. The maximum atomic E-state index is 12.5. The topological polar surface area (TPSA) is 97.4 Å². The summed E-state index contributed by atoms with van der Waals surface area (Å²) in [6, 6.07) is 16.3. The summed E-state index contributed by atoms with van der Waals surface area (Å²) in [4.78, 5) is 16.8. The fourth-order valence-corrected chi connectivity index (χ4v) is 3.74. The van der Waals surface area contributed by atoms with E-state index in [4.69, 9.17) is 4.74 Å². The lowest BCUT2D eigenvalue weighted by Gasteiger charge is -2.14. The molecule has 1 amide bonds. The smallest absolute Gasteiger partial charge is 0.261 e. The molecule has 0 aliphatic rings. The number of aryl methyl sites for hydroxylation is 1. The van der Waals surface area contributed by atoms with Crippen LogP contribution in [0, 0.1) is 6.92 Å². The third-order valence-electron chi connectivity index (χ3n) is 4.66. The predicted octanol–water partition coefficient (Wildman–Crippen LogP) is 4.51. The van der Waals surface area contributed by atoms with Crippen LogP contribution >= 0.6 is 0 Å². The van der Waals surface area contributed by atoms with E-state index in [0.29, 0.717) is 17.0 Å². The molecule has 0 bridgehead atoms. The Balaban J connectivity index is 1.73. The van der Waals surface area contributed by atoms with Crippen LogP contribution in [0.2, 0.25) is 0 Å². The second kappa shape index (κ2) is 9.61. The molecule has 7 nitrogen and oxygen atoms in total. The van der Waals surface area contributed by atoms with Crippen molar-refractivity contribution in [3.63, 3.8) is 0 Å². The summed E-state index contributed by atoms with van der Waals surface area (Å²) in [7, 11) is -3.69. The van der Waals surface area contributed by atoms with E-state index in [2.05, 4.69) is 15.0 Å². The van der Waals surface area contributed by atoms with Crippen LogP contribution in [-0.2, 0) is 10.0 Å². The molecular formula is C23H25N3O4S. The lowest BCUT2D eigenvalue weighted by atomic mass is 10.2. The van der Waals surface area contributed by atoms with Crippen molar-refractivity contribution in [1.29, 1.82) is 0 Å². The van der Waals surface area contributed by atoms with Crippen LogP contribution in [0.5, 0.6) is 11.6 Å². The highest BCUT2D eigenvalue weighted by Crippen LogP contribution is 2.25. The Morgan fingerprint density at radius 1 is 1.06 bits per heavy atom. The van der Waals surface area contributed by atoms with Gasteiger partial charge in [0.1, 0.15) is 11.3 Å². The van der Waals surface area contributed by atoms with E-state index in [9.17, 15) is 13.2 Å². The summed E-state index contributed by atoms with van der Waals surface area (Å²) in [6.45, 7) is 5.80. The molecular weight excluding hydrogens is 414 g/mol. The fraction of sp³-hybridized carbons (Fsp3) is 0.217. The standard InChI is InChI=1S/C23H25N3O4S/c1-4-17(3)25-22(27)21-6-5-15-24-23(21)30-19-11-9-18(10-12-19)26-31(28,29)20-13-7-16(2)8-14-20/h5-15,17,26H,4H2,1-3H3,(H,25,27)/t17-/m0/s1. The molecule has 0 radical (unpaired) electrons. The van der Waals surface area contributed by atoms with Gasteiger partial charge in [0.25, 0.3) is 15.9 Å². The summed E-state index contributed by atoms with van der Waals surface area (Å²) in [5, 5.41) is 2.89. The fourth-order valence-electron chi connectivity index (χ4n) is 2.68. The summed E-state index contributed by atoms with van der Waals surface area (Å²) >= 11 is 0. The van der Waals surface area contributed by atoms with Crippen LogP contribution in [0.15, 0.2) is 71.8 Å². The van der Waals surface area contributed by atoms with Gasteiger partial charge < -0.3 is 10.1 Å². The Kier molecular flexibility index (Phi) is 6.91. The monoisotopic (exact) mass is 439 g/mol. The van der Waals surface area contributed by atoms with Gasteiger partial charge in [0, 0.05) is 17.9 Å². The minimum atomic E-state index is -3.69. The number of carbonyl (C=O) groups is 1. The number of hydrogen-bond acceptors (Lipinski definition) is 5. The number of benzene rings is 2. The van der Waals surface area contributed by atoms with Crippen molar-refractivity contribution in [2.45, 2.75) is 38.1 Å². The molecule has 0 fully saturated rings. The van der Waals surface area contributed by atoms with Gasteiger partial charge in [-0.2, -0.15) is 0 Å². The van der Waals surface area contributed by atoms with Crippen molar-refractivity contribution in [3.8, 4) is 11.6 Å². The number of ether oxygens (including phenoxy) is 1. The zero-order chi connectivity index (χ0) is 22.4. The Bertz CT molecular complexity index is 1140. The largest absolute Gasteiger partial charge is 0.438 e. The van der Waals surface area contributed by atoms with E-state index in [-0.39, 0.29) is 22.7 Å². The average molecular weight is 440 g/mol. The molecule has 0 saturated heterocycles. The van der Waals surface area contributed by atoms with Gasteiger partial charge in [0.15, 0.2) is 0 Å². The Labute approximate surface area is 182 Å². The molecule has 1 heterocycles. The van der Waals surface area contributed by atoms with Crippen LogP contribution in [0.1, 0.15) is 36.2 Å². The van der Waals surface area contributed by atoms with Gasteiger partial charge in [-0.15, -0.1) is 0 Å². The first kappa shape index (κ1) is 22.3. The van der Waals surface area contributed by atoms with Crippen molar-refractivity contribution in [3.05, 3.63) is 78.0 Å². The molecule has 1 aromatic heterocycles. The first-order valence-electron chi connectivity index (χ1n) is 9.92. The van der Waals surface area contributed by atoms with Crippen LogP contribution in [0.3, 0.4) is 0 Å². The van der Waals surface area contributed by atoms with E-state index in [1.807, 2.05) is 20.8 Å². The number of amides is 1. The van der Waals surface area contributed by atoms with Crippen molar-refractivity contribution in [1.82, 2.24) is 10.3 Å². The second-order valence-corrected chi connectivity index (χ2v) is 8.87. The van der Waals surface area contributed by atoms with Gasteiger partial charge >= 0.3 is 0 Å². The second-order valence-electron chi connectivity index (χ2n) is 7.18. The third-order valence-corrected chi connectivity index (χ3v) is 6.06. The first-order valence-corrected chi connectivity index (χ1v) is 11.4. The third kappa shape index (κ3) is 5.82. The summed E-state index contributed by atoms with van der Waals surface area (Å²) in [6.07, 6.45) is 2.35. The molecule has 0 aliphatic heterocycles. The number of sulfonamides is 1. The van der Waals surface area contributed by atoms with Gasteiger partial charge in [-0.1, -0.05) is 24.6 Å². The normalized spacial score (nSPS) is 12.1. The molecule has 31 heavy (non-hydrogen) atoms. The summed E-state index contributed by atoms with van der Waals surface area (Å²) in [5.41, 5.74) is 1.70. The lowest BCUT2D eigenvalue weighted by molar-refractivity contribution is 0.0936. The molecule has 1 atom stereocenters. The van der Waals surface area contributed by atoms with Crippen LogP contribution < -0.4 is 14.8 Å². The average Bonchev–Trinajstić information content (AvgIpc) is 2.75. The van der Waals surface area contributed by atoms with Crippen molar-refractivity contribution >= 4 is 21.6 Å². The molecule has 3 rings (SSSR count). The molecule has 0 spiro atoms. The lowest BCUT2D eigenvalue weighted by Crippen LogP contribution is -2.32. The minimum Gasteiger partial charge on any atom is -0.438 e. The summed E-state index contributed by atoms with van der Waals surface area (Å²) in [5.74, 6) is 0.339. The number of rotatable bonds is 8. The Morgan fingerprint density at radius 2 is 1.74 bits per heavy atom. The highest BCUT2D eigenvalue weighted by molar-refractivity contribution is 7.92. The number of aromatic nitrogens is 1. The molecule has 0 saturated carbocycles. The van der Waals surface area contributed by atoms with Crippen molar-refractivity contribution < 1.29 is 17.9 Å². The zero-order valence-electron chi connectivity index (χ0n) is 17.6. The number of carbonyl (C=O) groups excluding carboxylic acids is 1. The number of anilines is 1. The number of nitrogens with zero attached hydrogens (tertiary/aromatic N) is 1. The van der Waals surface area contributed by atoms with Crippen molar-refractivity contribution in [2.24, 2.45) is 0 Å². The molecule has 3 aromatic rings. The molecule has 162 valence electrons. The summed E-state index contributed by atoms with van der Waals surface area (Å²) < 4.78 is 33.4.